The second kappa shape index (κ2) is 9.75. The normalized spacial score (nSPS) is 19.3. The minimum atomic E-state index is -4.37. The van der Waals surface area contributed by atoms with Gasteiger partial charge in [-0.1, -0.05) is 24.3 Å². The Hall–Kier alpha value is -2.19. The first kappa shape index (κ1) is 24.5. The zero-order valence-corrected chi connectivity index (χ0v) is 19.4. The molecule has 1 heterocycles. The summed E-state index contributed by atoms with van der Waals surface area (Å²) in [4.78, 5) is 15.4. The lowest BCUT2D eigenvalue weighted by Crippen LogP contribution is -2.36. The molecule has 8 heteroatoms. The summed E-state index contributed by atoms with van der Waals surface area (Å²) in [6.07, 6.45) is -3.07. The Labute approximate surface area is 191 Å². The molecule has 2 atom stereocenters. The summed E-state index contributed by atoms with van der Waals surface area (Å²) in [5.74, 6) is -0.0657. The summed E-state index contributed by atoms with van der Waals surface area (Å²) < 4.78 is 50.1. The number of ether oxygens (including phenoxy) is 2. The van der Waals surface area contributed by atoms with Gasteiger partial charge in [0, 0.05) is 17.4 Å². The van der Waals surface area contributed by atoms with E-state index in [2.05, 4.69) is 6.07 Å². The average Bonchev–Trinajstić information content (AvgIpc) is 3.15. The van der Waals surface area contributed by atoms with Gasteiger partial charge in [0.05, 0.1) is 24.8 Å². The molecule has 3 rings (SSSR count). The van der Waals surface area contributed by atoms with E-state index in [0.717, 1.165) is 22.6 Å². The number of hydrogen-bond acceptors (Lipinski definition) is 4. The third-order valence-corrected chi connectivity index (χ3v) is 5.91. The number of likely N-dealkylation sites (tertiary alicyclic amines) is 1. The van der Waals surface area contributed by atoms with Crippen molar-refractivity contribution < 1.29 is 27.4 Å². The first-order valence-corrected chi connectivity index (χ1v) is 11.6. The van der Waals surface area contributed by atoms with Gasteiger partial charge in [-0.2, -0.15) is 13.2 Å². The van der Waals surface area contributed by atoms with Gasteiger partial charge in [0.25, 0.3) is 0 Å². The SMILES string of the molecule is CSc1cccc([C@@H]2CN(C(=O)OC(C)(C)C)C[C@H]2OCc2ccc(C(F)(F)F)cc2)c1. The number of thioether (sulfide) groups is 1. The van der Waals surface area contributed by atoms with E-state index in [0.29, 0.717) is 18.7 Å². The smallest absolute Gasteiger partial charge is 0.416 e. The van der Waals surface area contributed by atoms with Crippen molar-refractivity contribution in [2.45, 2.75) is 56.1 Å². The molecule has 0 radical (unpaired) electrons. The summed E-state index contributed by atoms with van der Waals surface area (Å²) >= 11 is 1.63. The maximum absolute atomic E-state index is 12.8. The molecule has 1 aliphatic heterocycles. The summed E-state index contributed by atoms with van der Waals surface area (Å²) in [7, 11) is 0. The number of nitrogens with zero attached hydrogens (tertiary/aromatic N) is 1. The highest BCUT2D eigenvalue weighted by atomic mass is 32.2. The Kier molecular flexibility index (Phi) is 7.45. The van der Waals surface area contributed by atoms with Gasteiger partial charge < -0.3 is 14.4 Å². The first-order chi connectivity index (χ1) is 15.0. The summed E-state index contributed by atoms with van der Waals surface area (Å²) in [6.45, 7) is 6.41. The van der Waals surface area contributed by atoms with Crippen LogP contribution >= 0.6 is 11.8 Å². The van der Waals surface area contributed by atoms with Gasteiger partial charge in [-0.15, -0.1) is 11.8 Å². The summed E-state index contributed by atoms with van der Waals surface area (Å²) in [5.41, 5.74) is 0.403. The Balaban J connectivity index is 1.76. The van der Waals surface area contributed by atoms with Crippen molar-refractivity contribution in [1.29, 1.82) is 0 Å². The van der Waals surface area contributed by atoms with Crippen LogP contribution in [-0.4, -0.2) is 42.0 Å². The van der Waals surface area contributed by atoms with Crippen LogP contribution in [0.25, 0.3) is 0 Å². The lowest BCUT2D eigenvalue weighted by Gasteiger charge is -2.24. The van der Waals surface area contributed by atoms with Crippen LogP contribution < -0.4 is 0 Å². The van der Waals surface area contributed by atoms with E-state index >= 15 is 0 Å². The Bertz CT molecular complexity index is 925. The molecule has 2 aromatic carbocycles. The van der Waals surface area contributed by atoms with Gasteiger partial charge in [-0.3, -0.25) is 0 Å². The van der Waals surface area contributed by atoms with E-state index in [9.17, 15) is 18.0 Å². The van der Waals surface area contributed by atoms with Crippen LogP contribution in [0.4, 0.5) is 18.0 Å². The molecular weight excluding hydrogens is 439 g/mol. The molecule has 0 aromatic heterocycles. The molecule has 1 saturated heterocycles. The zero-order chi connectivity index (χ0) is 23.5. The molecule has 1 amide bonds. The molecule has 1 aliphatic rings. The Morgan fingerprint density at radius 2 is 1.78 bits per heavy atom. The van der Waals surface area contributed by atoms with Crippen molar-refractivity contribution in [3.05, 3.63) is 65.2 Å². The molecule has 1 fully saturated rings. The number of halogens is 3. The summed E-state index contributed by atoms with van der Waals surface area (Å²) in [6, 6.07) is 13.1. The van der Waals surface area contributed by atoms with E-state index in [1.807, 2.05) is 45.2 Å². The van der Waals surface area contributed by atoms with Crippen molar-refractivity contribution >= 4 is 17.9 Å². The monoisotopic (exact) mass is 467 g/mol. The molecule has 0 saturated carbocycles. The van der Waals surface area contributed by atoms with Gasteiger partial charge in [0.15, 0.2) is 0 Å². The van der Waals surface area contributed by atoms with Crippen molar-refractivity contribution in [2.75, 3.05) is 19.3 Å². The van der Waals surface area contributed by atoms with Crippen LogP contribution in [0.3, 0.4) is 0 Å². The van der Waals surface area contributed by atoms with Crippen molar-refractivity contribution in [3.63, 3.8) is 0 Å². The van der Waals surface area contributed by atoms with Crippen LogP contribution in [-0.2, 0) is 22.3 Å². The third kappa shape index (κ3) is 6.42. The van der Waals surface area contributed by atoms with E-state index in [-0.39, 0.29) is 18.6 Å². The maximum Gasteiger partial charge on any atom is 0.416 e. The van der Waals surface area contributed by atoms with Gasteiger partial charge in [0.2, 0.25) is 0 Å². The minimum absolute atomic E-state index is 0.0657. The second-order valence-corrected chi connectivity index (χ2v) is 9.69. The predicted octanol–water partition coefficient (Wildman–Crippen LogP) is 6.35. The highest BCUT2D eigenvalue weighted by Gasteiger charge is 2.39. The van der Waals surface area contributed by atoms with Crippen molar-refractivity contribution in [1.82, 2.24) is 4.90 Å². The van der Waals surface area contributed by atoms with Crippen molar-refractivity contribution in [2.24, 2.45) is 0 Å². The van der Waals surface area contributed by atoms with Crippen LogP contribution in [0, 0.1) is 0 Å². The summed E-state index contributed by atoms with van der Waals surface area (Å²) in [5, 5.41) is 0. The highest BCUT2D eigenvalue weighted by Crippen LogP contribution is 2.34. The maximum atomic E-state index is 12.8. The quantitative estimate of drug-likeness (QED) is 0.481. The minimum Gasteiger partial charge on any atom is -0.444 e. The van der Waals surface area contributed by atoms with E-state index in [1.165, 1.54) is 12.1 Å². The number of rotatable bonds is 5. The molecule has 0 spiro atoms. The number of benzene rings is 2. The largest absolute Gasteiger partial charge is 0.444 e. The molecule has 0 bridgehead atoms. The highest BCUT2D eigenvalue weighted by molar-refractivity contribution is 7.98. The van der Waals surface area contributed by atoms with Crippen LogP contribution in [0.5, 0.6) is 0 Å². The third-order valence-electron chi connectivity index (χ3n) is 5.19. The van der Waals surface area contributed by atoms with Crippen LogP contribution in [0.15, 0.2) is 53.4 Å². The average molecular weight is 468 g/mol. The fourth-order valence-electron chi connectivity index (χ4n) is 3.60. The lowest BCUT2D eigenvalue weighted by molar-refractivity contribution is -0.137. The number of carbonyl (C=O) groups is 1. The second-order valence-electron chi connectivity index (χ2n) is 8.81. The molecule has 0 aliphatic carbocycles. The Morgan fingerprint density at radius 1 is 1.09 bits per heavy atom. The topological polar surface area (TPSA) is 38.8 Å². The molecular formula is C24H28F3NO3S. The standard InChI is InChI=1S/C24H28F3NO3S/c1-23(2,3)31-22(29)28-13-20(17-6-5-7-19(12-17)32-4)21(14-28)30-15-16-8-10-18(11-9-16)24(25,26)27/h5-12,20-21H,13-15H2,1-4H3/t20-,21+/m0/s1. The van der Waals surface area contributed by atoms with Gasteiger partial charge in [-0.25, -0.2) is 4.79 Å². The molecule has 4 nitrogen and oxygen atoms in total. The van der Waals surface area contributed by atoms with E-state index in [1.54, 1.807) is 16.7 Å². The van der Waals surface area contributed by atoms with Gasteiger partial charge >= 0.3 is 12.3 Å². The molecule has 0 N–H and O–H groups in total. The molecule has 0 unspecified atom stereocenters. The Morgan fingerprint density at radius 3 is 2.38 bits per heavy atom. The fourth-order valence-corrected chi connectivity index (χ4v) is 4.07. The van der Waals surface area contributed by atoms with E-state index in [4.69, 9.17) is 9.47 Å². The van der Waals surface area contributed by atoms with Crippen LogP contribution in [0.1, 0.15) is 43.4 Å². The number of carbonyl (C=O) groups excluding carboxylic acids is 1. The van der Waals surface area contributed by atoms with Gasteiger partial charge in [-0.05, 0) is 62.4 Å². The molecule has 32 heavy (non-hydrogen) atoms. The lowest BCUT2D eigenvalue weighted by atomic mass is 9.96. The number of amides is 1. The number of hydrogen-bond donors (Lipinski definition) is 0. The fraction of sp³-hybridized carbons (Fsp3) is 0.458. The number of alkyl halides is 3. The van der Waals surface area contributed by atoms with Crippen LogP contribution in [0.2, 0.25) is 0 Å². The first-order valence-electron chi connectivity index (χ1n) is 10.4. The molecule has 174 valence electrons. The van der Waals surface area contributed by atoms with E-state index < -0.39 is 23.4 Å². The van der Waals surface area contributed by atoms with Crippen molar-refractivity contribution in [3.8, 4) is 0 Å². The zero-order valence-electron chi connectivity index (χ0n) is 18.6. The van der Waals surface area contributed by atoms with Gasteiger partial charge in [0.1, 0.15) is 5.60 Å². The predicted molar refractivity (Wildman–Crippen MR) is 119 cm³/mol. The molecule has 2 aromatic rings.